The Hall–Kier alpha value is -0.970. The normalized spacial score (nSPS) is 12.7. The van der Waals surface area contributed by atoms with Gasteiger partial charge in [-0.15, -0.1) is 11.3 Å². The molecule has 0 aromatic carbocycles. The maximum atomic E-state index is 12.8. The second-order valence-corrected chi connectivity index (χ2v) is 5.01. The highest BCUT2D eigenvalue weighted by Gasteiger charge is 2.15. The van der Waals surface area contributed by atoms with Crippen LogP contribution in [0.5, 0.6) is 0 Å². The zero-order chi connectivity index (χ0) is 11.5. The standard InChI is InChI=1S/C11H10ClFN2S/c1-14-11(9-4-5-10(12)16-9)8-3-2-7(13)6-15-8/h2-6,11,14H,1H3. The maximum Gasteiger partial charge on any atom is 0.141 e. The zero-order valence-corrected chi connectivity index (χ0v) is 10.1. The fourth-order valence-corrected chi connectivity index (χ4v) is 2.66. The lowest BCUT2D eigenvalue weighted by Gasteiger charge is -2.13. The Morgan fingerprint density at radius 3 is 2.69 bits per heavy atom. The maximum absolute atomic E-state index is 12.8. The van der Waals surface area contributed by atoms with Crippen LogP contribution in [0, 0.1) is 5.82 Å². The summed E-state index contributed by atoms with van der Waals surface area (Å²) < 4.78 is 13.5. The van der Waals surface area contributed by atoms with Crippen LogP contribution in [0.4, 0.5) is 4.39 Å². The van der Waals surface area contributed by atoms with Gasteiger partial charge >= 0.3 is 0 Å². The van der Waals surface area contributed by atoms with Crippen molar-refractivity contribution in [2.45, 2.75) is 6.04 Å². The molecule has 16 heavy (non-hydrogen) atoms. The summed E-state index contributed by atoms with van der Waals surface area (Å²) in [6.07, 6.45) is 1.22. The number of thiophene rings is 1. The average molecular weight is 257 g/mol. The van der Waals surface area contributed by atoms with Gasteiger partial charge < -0.3 is 5.32 Å². The Kier molecular flexibility index (Phi) is 3.53. The first-order valence-corrected chi connectivity index (χ1v) is 5.94. The molecule has 0 fully saturated rings. The number of hydrogen-bond donors (Lipinski definition) is 1. The van der Waals surface area contributed by atoms with Gasteiger partial charge in [-0.3, -0.25) is 4.98 Å². The molecule has 0 bridgehead atoms. The van der Waals surface area contributed by atoms with E-state index >= 15 is 0 Å². The van der Waals surface area contributed by atoms with Crippen molar-refractivity contribution >= 4 is 22.9 Å². The van der Waals surface area contributed by atoms with E-state index in [-0.39, 0.29) is 11.9 Å². The Labute approximate surface area is 102 Å². The van der Waals surface area contributed by atoms with E-state index in [1.54, 1.807) is 6.07 Å². The van der Waals surface area contributed by atoms with E-state index in [2.05, 4.69) is 10.3 Å². The highest BCUT2D eigenvalue weighted by atomic mass is 35.5. The fraction of sp³-hybridized carbons (Fsp3) is 0.182. The van der Waals surface area contributed by atoms with Crippen LogP contribution in [-0.4, -0.2) is 12.0 Å². The number of rotatable bonds is 3. The summed E-state index contributed by atoms with van der Waals surface area (Å²) in [5.41, 5.74) is 0.780. The van der Waals surface area contributed by atoms with Crippen LogP contribution in [0.15, 0.2) is 30.5 Å². The van der Waals surface area contributed by atoms with Crippen molar-refractivity contribution in [3.05, 3.63) is 51.2 Å². The van der Waals surface area contributed by atoms with Gasteiger partial charge in [-0.05, 0) is 31.3 Å². The molecule has 0 aliphatic carbocycles. The molecule has 1 N–H and O–H groups in total. The van der Waals surface area contributed by atoms with Gasteiger partial charge in [0.05, 0.1) is 22.3 Å². The van der Waals surface area contributed by atoms with Crippen molar-refractivity contribution < 1.29 is 4.39 Å². The summed E-state index contributed by atoms with van der Waals surface area (Å²) in [4.78, 5) is 5.12. The molecule has 0 aliphatic heterocycles. The van der Waals surface area contributed by atoms with E-state index in [0.29, 0.717) is 0 Å². The first kappa shape index (κ1) is 11.5. The molecule has 84 valence electrons. The molecule has 1 atom stereocenters. The fourth-order valence-electron chi connectivity index (χ4n) is 1.48. The highest BCUT2D eigenvalue weighted by molar-refractivity contribution is 7.16. The molecule has 2 rings (SSSR count). The third-order valence-corrected chi connectivity index (χ3v) is 3.51. The second kappa shape index (κ2) is 4.91. The zero-order valence-electron chi connectivity index (χ0n) is 8.58. The highest BCUT2D eigenvalue weighted by Crippen LogP contribution is 2.29. The van der Waals surface area contributed by atoms with Crippen molar-refractivity contribution in [2.75, 3.05) is 7.05 Å². The van der Waals surface area contributed by atoms with Crippen molar-refractivity contribution in [1.29, 1.82) is 0 Å². The molecule has 2 aromatic rings. The summed E-state index contributed by atoms with van der Waals surface area (Å²) in [6.45, 7) is 0. The van der Waals surface area contributed by atoms with Gasteiger partial charge in [0.2, 0.25) is 0 Å². The summed E-state index contributed by atoms with van der Waals surface area (Å²) in [6, 6.07) is 6.82. The van der Waals surface area contributed by atoms with Gasteiger partial charge in [-0.25, -0.2) is 4.39 Å². The smallest absolute Gasteiger partial charge is 0.141 e. The van der Waals surface area contributed by atoms with E-state index in [1.807, 2.05) is 19.2 Å². The summed E-state index contributed by atoms with van der Waals surface area (Å²) >= 11 is 7.37. The lowest BCUT2D eigenvalue weighted by molar-refractivity contribution is 0.611. The van der Waals surface area contributed by atoms with E-state index in [0.717, 1.165) is 14.9 Å². The number of pyridine rings is 1. The number of aromatic nitrogens is 1. The minimum atomic E-state index is -0.331. The van der Waals surface area contributed by atoms with Crippen molar-refractivity contribution in [3.8, 4) is 0 Å². The Morgan fingerprint density at radius 2 is 2.19 bits per heavy atom. The molecule has 0 saturated carbocycles. The second-order valence-electron chi connectivity index (χ2n) is 3.26. The Balaban J connectivity index is 2.32. The minimum Gasteiger partial charge on any atom is -0.307 e. The van der Waals surface area contributed by atoms with E-state index in [1.165, 1.54) is 23.6 Å². The lowest BCUT2D eigenvalue weighted by atomic mass is 10.1. The number of halogens is 2. The Morgan fingerprint density at radius 1 is 1.38 bits per heavy atom. The quantitative estimate of drug-likeness (QED) is 0.912. The molecule has 0 spiro atoms. The molecule has 1 unspecified atom stereocenters. The molecule has 0 amide bonds. The van der Waals surface area contributed by atoms with E-state index < -0.39 is 0 Å². The molecule has 0 radical (unpaired) electrons. The van der Waals surface area contributed by atoms with Crippen LogP contribution >= 0.6 is 22.9 Å². The SMILES string of the molecule is CNC(c1ccc(F)cn1)c1ccc(Cl)s1. The average Bonchev–Trinajstić information content (AvgIpc) is 2.69. The van der Waals surface area contributed by atoms with E-state index in [4.69, 9.17) is 11.6 Å². The molecular weight excluding hydrogens is 247 g/mol. The first-order valence-electron chi connectivity index (χ1n) is 4.74. The molecule has 0 aliphatic rings. The number of nitrogens with zero attached hydrogens (tertiary/aromatic N) is 1. The Bertz CT molecular complexity index is 469. The van der Waals surface area contributed by atoms with Gasteiger partial charge in [0.1, 0.15) is 5.82 Å². The first-order chi connectivity index (χ1) is 7.70. The molecule has 2 aromatic heterocycles. The number of hydrogen-bond acceptors (Lipinski definition) is 3. The summed E-state index contributed by atoms with van der Waals surface area (Å²) in [5.74, 6) is -0.331. The summed E-state index contributed by atoms with van der Waals surface area (Å²) in [7, 11) is 1.84. The van der Waals surface area contributed by atoms with E-state index in [9.17, 15) is 4.39 Å². The van der Waals surface area contributed by atoms with Gasteiger partial charge in [-0.1, -0.05) is 11.6 Å². The molecular formula is C11H10ClFN2S. The van der Waals surface area contributed by atoms with Gasteiger partial charge in [0.25, 0.3) is 0 Å². The van der Waals surface area contributed by atoms with Gasteiger partial charge in [0.15, 0.2) is 0 Å². The van der Waals surface area contributed by atoms with Crippen LogP contribution in [0.1, 0.15) is 16.6 Å². The molecule has 0 saturated heterocycles. The van der Waals surface area contributed by atoms with Crippen LogP contribution in [0.25, 0.3) is 0 Å². The van der Waals surface area contributed by atoms with Crippen molar-refractivity contribution in [3.63, 3.8) is 0 Å². The number of nitrogens with one attached hydrogen (secondary N) is 1. The van der Waals surface area contributed by atoms with Crippen LogP contribution in [0.3, 0.4) is 0 Å². The monoisotopic (exact) mass is 256 g/mol. The van der Waals surface area contributed by atoms with Gasteiger partial charge in [-0.2, -0.15) is 0 Å². The van der Waals surface area contributed by atoms with Crippen LogP contribution in [-0.2, 0) is 0 Å². The molecule has 5 heteroatoms. The topological polar surface area (TPSA) is 24.9 Å². The van der Waals surface area contributed by atoms with Crippen molar-refractivity contribution in [2.24, 2.45) is 0 Å². The minimum absolute atomic E-state index is 0.0434. The summed E-state index contributed by atoms with van der Waals surface area (Å²) in [5, 5.41) is 3.13. The predicted octanol–water partition coefficient (Wildman–Crippen LogP) is 3.24. The van der Waals surface area contributed by atoms with Crippen molar-refractivity contribution in [1.82, 2.24) is 10.3 Å². The lowest BCUT2D eigenvalue weighted by Crippen LogP contribution is -2.17. The van der Waals surface area contributed by atoms with Crippen LogP contribution < -0.4 is 5.32 Å². The van der Waals surface area contributed by atoms with Crippen LogP contribution in [0.2, 0.25) is 4.34 Å². The molecule has 2 heterocycles. The largest absolute Gasteiger partial charge is 0.307 e. The van der Waals surface area contributed by atoms with Gasteiger partial charge in [0, 0.05) is 4.88 Å². The molecule has 2 nitrogen and oxygen atoms in total. The predicted molar refractivity (Wildman–Crippen MR) is 64.4 cm³/mol. The third kappa shape index (κ3) is 2.40. The third-order valence-electron chi connectivity index (χ3n) is 2.21.